The minimum Gasteiger partial charge on any atom is -0.312 e. The van der Waals surface area contributed by atoms with Crippen LogP contribution in [0.25, 0.3) is 10.6 Å². The highest BCUT2D eigenvalue weighted by Crippen LogP contribution is 2.34. The van der Waals surface area contributed by atoms with E-state index < -0.39 is 11.6 Å². The summed E-state index contributed by atoms with van der Waals surface area (Å²) in [6.45, 7) is 5.95. The second-order valence-electron chi connectivity index (χ2n) is 4.88. The molecule has 0 aliphatic heterocycles. The van der Waals surface area contributed by atoms with Crippen molar-refractivity contribution in [1.29, 1.82) is 0 Å². The van der Waals surface area contributed by atoms with Gasteiger partial charge in [-0.2, -0.15) is 0 Å². The molecule has 0 unspecified atom stereocenters. The largest absolute Gasteiger partial charge is 0.312 e. The van der Waals surface area contributed by atoms with Crippen molar-refractivity contribution in [3.05, 3.63) is 39.3 Å². The Hall–Kier alpha value is -0.850. The molecule has 2 aromatic rings. The second-order valence-corrected chi connectivity index (χ2v) is 6.79. The summed E-state index contributed by atoms with van der Waals surface area (Å²) in [5, 5.41) is 4.00. The zero-order valence-electron chi connectivity index (χ0n) is 11.2. The number of hydrogen-bond donors (Lipinski definition) is 1. The Balaban J connectivity index is 2.15. The highest BCUT2D eigenvalue weighted by molar-refractivity contribution is 9.10. The first-order valence-corrected chi connectivity index (χ1v) is 7.89. The van der Waals surface area contributed by atoms with Gasteiger partial charge in [0.25, 0.3) is 0 Å². The fourth-order valence-electron chi connectivity index (χ4n) is 1.69. The van der Waals surface area contributed by atoms with Crippen molar-refractivity contribution in [2.75, 3.05) is 6.54 Å². The molecule has 0 amide bonds. The topological polar surface area (TPSA) is 24.9 Å². The number of nitrogens with zero attached hydrogens (tertiary/aromatic N) is 1. The van der Waals surface area contributed by atoms with Crippen LogP contribution in [0.4, 0.5) is 8.78 Å². The number of nitrogens with one attached hydrogen (secondary N) is 1. The molecule has 0 bridgehead atoms. The van der Waals surface area contributed by atoms with E-state index in [1.54, 1.807) is 6.20 Å². The summed E-state index contributed by atoms with van der Waals surface area (Å²) in [5.41, 5.74) is 0.573. The van der Waals surface area contributed by atoms with Gasteiger partial charge in [-0.05, 0) is 40.5 Å². The molecule has 0 saturated heterocycles. The molecule has 6 heteroatoms. The molecule has 108 valence electrons. The standard InChI is InChI=1S/C14H15BrF2N2S/c1-8(2)5-18-6-9-7-19-14(20-9)10-3-4-11(16)13(17)12(10)15/h3-4,7-8,18H,5-6H2,1-2H3. The van der Waals surface area contributed by atoms with Crippen molar-refractivity contribution in [2.45, 2.75) is 20.4 Å². The van der Waals surface area contributed by atoms with Gasteiger partial charge in [-0.3, -0.25) is 0 Å². The lowest BCUT2D eigenvalue weighted by Gasteiger charge is -2.05. The maximum absolute atomic E-state index is 13.5. The Kier molecular flexibility index (Phi) is 5.23. The summed E-state index contributed by atoms with van der Waals surface area (Å²) in [6.07, 6.45) is 1.76. The Labute approximate surface area is 129 Å². The second kappa shape index (κ2) is 6.74. The molecule has 1 aromatic heterocycles. The molecule has 0 spiro atoms. The Morgan fingerprint density at radius 3 is 2.80 bits per heavy atom. The monoisotopic (exact) mass is 360 g/mol. The minimum atomic E-state index is -0.878. The van der Waals surface area contributed by atoms with Crippen molar-refractivity contribution >= 4 is 27.3 Å². The summed E-state index contributed by atoms with van der Waals surface area (Å²) in [4.78, 5) is 5.34. The van der Waals surface area contributed by atoms with Gasteiger partial charge in [0.2, 0.25) is 0 Å². The van der Waals surface area contributed by atoms with E-state index in [0.29, 0.717) is 16.5 Å². The highest BCUT2D eigenvalue weighted by Gasteiger charge is 2.15. The van der Waals surface area contributed by atoms with Gasteiger partial charge in [0, 0.05) is 23.2 Å². The lowest BCUT2D eigenvalue weighted by atomic mass is 10.2. The molecule has 0 aliphatic rings. The minimum absolute atomic E-state index is 0.119. The first-order chi connectivity index (χ1) is 9.49. The van der Waals surface area contributed by atoms with Gasteiger partial charge in [-0.1, -0.05) is 13.8 Å². The quantitative estimate of drug-likeness (QED) is 0.788. The van der Waals surface area contributed by atoms with Crippen molar-refractivity contribution in [1.82, 2.24) is 10.3 Å². The van der Waals surface area contributed by atoms with E-state index in [-0.39, 0.29) is 4.47 Å². The lowest BCUT2D eigenvalue weighted by molar-refractivity contribution is 0.505. The number of thiazole rings is 1. The van der Waals surface area contributed by atoms with E-state index in [0.717, 1.165) is 24.0 Å². The molecule has 0 atom stereocenters. The third kappa shape index (κ3) is 3.62. The van der Waals surface area contributed by atoms with Crippen molar-refractivity contribution < 1.29 is 8.78 Å². The van der Waals surface area contributed by atoms with E-state index in [1.807, 2.05) is 0 Å². The van der Waals surface area contributed by atoms with Crippen LogP contribution in [0.5, 0.6) is 0 Å². The van der Waals surface area contributed by atoms with E-state index in [1.165, 1.54) is 17.4 Å². The average molecular weight is 361 g/mol. The SMILES string of the molecule is CC(C)CNCc1cnc(-c2ccc(F)c(F)c2Br)s1. The normalized spacial score (nSPS) is 11.3. The van der Waals surface area contributed by atoms with Gasteiger partial charge in [-0.25, -0.2) is 13.8 Å². The van der Waals surface area contributed by atoms with E-state index in [9.17, 15) is 8.78 Å². The first-order valence-electron chi connectivity index (χ1n) is 6.28. The molecular weight excluding hydrogens is 346 g/mol. The Bertz CT molecular complexity index is 599. The number of halogens is 3. The third-order valence-electron chi connectivity index (χ3n) is 2.67. The highest BCUT2D eigenvalue weighted by atomic mass is 79.9. The smallest absolute Gasteiger partial charge is 0.173 e. The molecule has 0 fully saturated rings. The summed E-state index contributed by atoms with van der Waals surface area (Å²) in [7, 11) is 0. The molecule has 2 nitrogen and oxygen atoms in total. The number of rotatable bonds is 5. The summed E-state index contributed by atoms with van der Waals surface area (Å²) >= 11 is 4.56. The molecule has 1 heterocycles. The molecule has 20 heavy (non-hydrogen) atoms. The van der Waals surface area contributed by atoms with Crippen LogP contribution in [0, 0.1) is 17.6 Å². The van der Waals surface area contributed by atoms with Crippen LogP contribution < -0.4 is 5.32 Å². The van der Waals surface area contributed by atoms with Gasteiger partial charge < -0.3 is 5.32 Å². The lowest BCUT2D eigenvalue weighted by Crippen LogP contribution is -2.18. The summed E-state index contributed by atoms with van der Waals surface area (Å²) in [6, 6.07) is 2.65. The molecule has 1 aromatic carbocycles. The molecular formula is C14H15BrF2N2S. The third-order valence-corrected chi connectivity index (χ3v) is 4.48. The summed E-state index contributed by atoms with van der Waals surface area (Å²) in [5.74, 6) is -1.16. The number of aromatic nitrogens is 1. The van der Waals surface area contributed by atoms with Crippen molar-refractivity contribution in [3.8, 4) is 10.6 Å². The molecule has 0 radical (unpaired) electrons. The van der Waals surface area contributed by atoms with E-state index in [4.69, 9.17) is 0 Å². The maximum atomic E-state index is 13.5. The number of benzene rings is 1. The first kappa shape index (κ1) is 15.5. The molecule has 1 N–H and O–H groups in total. The van der Waals surface area contributed by atoms with Crippen molar-refractivity contribution in [3.63, 3.8) is 0 Å². The average Bonchev–Trinajstić information content (AvgIpc) is 2.84. The van der Waals surface area contributed by atoms with Gasteiger partial charge in [0.15, 0.2) is 11.6 Å². The van der Waals surface area contributed by atoms with Crippen LogP contribution >= 0.6 is 27.3 Å². The fourth-order valence-corrected chi connectivity index (χ4v) is 3.24. The van der Waals surface area contributed by atoms with Gasteiger partial charge in [0.05, 0.1) is 4.47 Å². The Morgan fingerprint density at radius 2 is 2.10 bits per heavy atom. The van der Waals surface area contributed by atoms with E-state index in [2.05, 4.69) is 40.1 Å². The molecule has 2 rings (SSSR count). The van der Waals surface area contributed by atoms with Crippen LogP contribution in [0.2, 0.25) is 0 Å². The van der Waals surface area contributed by atoms with Gasteiger partial charge in [-0.15, -0.1) is 11.3 Å². The molecule has 0 aliphatic carbocycles. The molecule has 0 saturated carbocycles. The summed E-state index contributed by atoms with van der Waals surface area (Å²) < 4.78 is 26.7. The van der Waals surface area contributed by atoms with Gasteiger partial charge >= 0.3 is 0 Å². The van der Waals surface area contributed by atoms with Crippen LogP contribution in [0.1, 0.15) is 18.7 Å². The number of hydrogen-bond acceptors (Lipinski definition) is 3. The van der Waals surface area contributed by atoms with Crippen molar-refractivity contribution in [2.24, 2.45) is 5.92 Å². The fraction of sp³-hybridized carbons (Fsp3) is 0.357. The predicted octanol–water partition coefficient (Wildman–Crippen LogP) is 4.60. The van der Waals surface area contributed by atoms with E-state index >= 15 is 0 Å². The van der Waals surface area contributed by atoms with Crippen LogP contribution in [-0.4, -0.2) is 11.5 Å². The zero-order valence-corrected chi connectivity index (χ0v) is 13.6. The van der Waals surface area contributed by atoms with Gasteiger partial charge in [0.1, 0.15) is 5.01 Å². The van der Waals surface area contributed by atoms with Crippen LogP contribution in [0.15, 0.2) is 22.8 Å². The zero-order chi connectivity index (χ0) is 14.7. The predicted molar refractivity (Wildman–Crippen MR) is 81.7 cm³/mol. The van der Waals surface area contributed by atoms with Crippen LogP contribution in [0.3, 0.4) is 0 Å². The van der Waals surface area contributed by atoms with Crippen LogP contribution in [-0.2, 0) is 6.54 Å². The maximum Gasteiger partial charge on any atom is 0.173 e. The Morgan fingerprint density at radius 1 is 1.35 bits per heavy atom.